The minimum absolute atomic E-state index is 0.153. The highest BCUT2D eigenvalue weighted by molar-refractivity contribution is 5.96. The number of aliphatic carboxylic acids is 1. The molecule has 0 amide bonds. The Morgan fingerprint density at radius 2 is 2.40 bits per heavy atom. The fourth-order valence-corrected chi connectivity index (χ4v) is 0.819. The summed E-state index contributed by atoms with van der Waals surface area (Å²) in [5, 5.41) is 27.1. The van der Waals surface area contributed by atoms with Crippen LogP contribution in [0.1, 0.15) is 5.56 Å². The Bertz CT molecular complexity index is 479. The molecular formula is C8H4N2O5. The molecule has 1 aromatic rings. The van der Waals surface area contributed by atoms with Gasteiger partial charge in [-0.2, -0.15) is 5.26 Å². The molecule has 1 rings (SSSR count). The zero-order chi connectivity index (χ0) is 11.4. The zero-order valence-electron chi connectivity index (χ0n) is 7.21. The molecule has 1 heterocycles. The van der Waals surface area contributed by atoms with Crippen LogP contribution in [0, 0.1) is 21.4 Å². The fourth-order valence-electron chi connectivity index (χ4n) is 0.819. The third-order valence-corrected chi connectivity index (χ3v) is 1.45. The Morgan fingerprint density at radius 1 is 1.73 bits per heavy atom. The molecule has 0 atom stereocenters. The van der Waals surface area contributed by atoms with Crippen LogP contribution >= 0.6 is 0 Å². The average molecular weight is 208 g/mol. The average Bonchev–Trinajstić information content (AvgIpc) is 2.61. The highest BCUT2D eigenvalue weighted by atomic mass is 16.6. The van der Waals surface area contributed by atoms with Crippen LogP contribution in [0.15, 0.2) is 22.3 Å². The van der Waals surface area contributed by atoms with E-state index in [2.05, 4.69) is 4.42 Å². The Labute approximate surface area is 83.0 Å². The first-order chi connectivity index (χ1) is 7.04. The van der Waals surface area contributed by atoms with E-state index in [1.807, 2.05) is 0 Å². The molecule has 1 aromatic heterocycles. The van der Waals surface area contributed by atoms with Gasteiger partial charge < -0.3 is 9.52 Å². The van der Waals surface area contributed by atoms with Crippen molar-refractivity contribution in [3.8, 4) is 6.07 Å². The second-order valence-corrected chi connectivity index (χ2v) is 2.45. The Kier molecular flexibility index (Phi) is 2.83. The van der Waals surface area contributed by atoms with Gasteiger partial charge in [0.1, 0.15) is 22.8 Å². The summed E-state index contributed by atoms with van der Waals surface area (Å²) in [6.45, 7) is 0. The summed E-state index contributed by atoms with van der Waals surface area (Å²) in [5.41, 5.74) is -0.369. The standard InChI is InChI=1S/C8H4N2O5/c9-3-6(8(11)12)1-5-2-7(10(13)14)15-4-5/h1-2,4H,(H,11,12). The van der Waals surface area contributed by atoms with Crippen molar-refractivity contribution in [2.45, 2.75) is 0 Å². The normalized spacial score (nSPS) is 10.7. The van der Waals surface area contributed by atoms with Gasteiger partial charge in [-0.3, -0.25) is 10.1 Å². The van der Waals surface area contributed by atoms with Gasteiger partial charge in [0.25, 0.3) is 0 Å². The van der Waals surface area contributed by atoms with Gasteiger partial charge in [0.2, 0.25) is 0 Å². The lowest BCUT2D eigenvalue weighted by atomic mass is 10.2. The van der Waals surface area contributed by atoms with Crippen molar-refractivity contribution in [1.82, 2.24) is 0 Å². The third kappa shape index (κ3) is 2.41. The summed E-state index contributed by atoms with van der Waals surface area (Å²) in [5.74, 6) is -1.91. The molecule has 0 spiro atoms. The van der Waals surface area contributed by atoms with Crippen LogP contribution in [0.3, 0.4) is 0 Å². The lowest BCUT2D eigenvalue weighted by Crippen LogP contribution is -1.96. The first kappa shape index (κ1) is 10.5. The SMILES string of the molecule is N#CC(=Cc1coc([N+](=O)[O-])c1)C(=O)O. The molecule has 0 bridgehead atoms. The van der Waals surface area contributed by atoms with E-state index in [1.165, 1.54) is 6.07 Å². The minimum Gasteiger partial charge on any atom is -0.477 e. The first-order valence-electron chi connectivity index (χ1n) is 3.62. The predicted octanol–water partition coefficient (Wildman–Crippen LogP) is 1.18. The van der Waals surface area contributed by atoms with Crippen molar-refractivity contribution in [2.24, 2.45) is 0 Å². The summed E-state index contributed by atoms with van der Waals surface area (Å²) in [6.07, 6.45) is 1.98. The molecule has 0 unspecified atom stereocenters. The molecule has 7 heteroatoms. The molecule has 0 fully saturated rings. The Morgan fingerprint density at radius 3 is 2.80 bits per heavy atom. The second kappa shape index (κ2) is 4.06. The number of hydrogen-bond acceptors (Lipinski definition) is 5. The highest BCUT2D eigenvalue weighted by Gasteiger charge is 2.12. The van der Waals surface area contributed by atoms with E-state index in [1.54, 1.807) is 0 Å². The third-order valence-electron chi connectivity index (χ3n) is 1.45. The van der Waals surface area contributed by atoms with E-state index in [0.717, 1.165) is 18.4 Å². The fraction of sp³-hybridized carbons (Fsp3) is 0. The monoisotopic (exact) mass is 208 g/mol. The Balaban J connectivity index is 3.04. The van der Waals surface area contributed by atoms with Crippen LogP contribution in [0.2, 0.25) is 0 Å². The van der Waals surface area contributed by atoms with Crippen molar-refractivity contribution >= 4 is 17.9 Å². The largest absolute Gasteiger partial charge is 0.477 e. The summed E-state index contributed by atoms with van der Waals surface area (Å²) in [7, 11) is 0. The molecule has 0 saturated heterocycles. The van der Waals surface area contributed by atoms with E-state index >= 15 is 0 Å². The van der Waals surface area contributed by atoms with Crippen molar-refractivity contribution in [2.75, 3.05) is 0 Å². The molecule has 7 nitrogen and oxygen atoms in total. The number of carbonyl (C=O) groups is 1. The molecule has 76 valence electrons. The number of nitrogens with zero attached hydrogens (tertiary/aromatic N) is 2. The highest BCUT2D eigenvalue weighted by Crippen LogP contribution is 2.17. The Hall–Kier alpha value is -2.62. The van der Waals surface area contributed by atoms with E-state index in [-0.39, 0.29) is 5.56 Å². The maximum absolute atomic E-state index is 10.4. The second-order valence-electron chi connectivity index (χ2n) is 2.45. The maximum Gasteiger partial charge on any atom is 0.433 e. The number of hydrogen-bond donors (Lipinski definition) is 1. The smallest absolute Gasteiger partial charge is 0.433 e. The topological polar surface area (TPSA) is 117 Å². The zero-order valence-corrected chi connectivity index (χ0v) is 7.21. The molecule has 0 radical (unpaired) electrons. The van der Waals surface area contributed by atoms with E-state index in [4.69, 9.17) is 10.4 Å². The van der Waals surface area contributed by atoms with Gasteiger partial charge in [0, 0.05) is 5.56 Å². The summed E-state index contributed by atoms with van der Waals surface area (Å²) < 4.78 is 4.51. The number of furan rings is 1. The van der Waals surface area contributed by atoms with Gasteiger partial charge >= 0.3 is 11.9 Å². The summed E-state index contributed by atoms with van der Waals surface area (Å²) in [6, 6.07) is 2.47. The molecule has 0 aromatic carbocycles. The molecule has 0 aliphatic rings. The summed E-state index contributed by atoms with van der Waals surface area (Å²) >= 11 is 0. The van der Waals surface area contributed by atoms with Crippen molar-refractivity contribution < 1.29 is 19.2 Å². The van der Waals surface area contributed by atoms with Gasteiger partial charge in [0.05, 0.1) is 6.07 Å². The molecular weight excluding hydrogens is 204 g/mol. The van der Waals surface area contributed by atoms with E-state index < -0.39 is 22.3 Å². The van der Waals surface area contributed by atoms with Crippen LogP contribution in [-0.4, -0.2) is 16.0 Å². The van der Waals surface area contributed by atoms with Gasteiger partial charge in [-0.25, -0.2) is 4.79 Å². The number of rotatable bonds is 3. The molecule has 0 aliphatic heterocycles. The lowest BCUT2D eigenvalue weighted by molar-refractivity contribution is -0.402. The van der Waals surface area contributed by atoms with Gasteiger partial charge in [-0.15, -0.1) is 0 Å². The molecule has 0 saturated carbocycles. The molecule has 15 heavy (non-hydrogen) atoms. The minimum atomic E-state index is -1.40. The molecule has 1 N–H and O–H groups in total. The molecule has 0 aliphatic carbocycles. The van der Waals surface area contributed by atoms with Crippen LogP contribution in [-0.2, 0) is 4.79 Å². The van der Waals surface area contributed by atoms with Crippen LogP contribution in [0.25, 0.3) is 6.08 Å². The van der Waals surface area contributed by atoms with E-state index in [9.17, 15) is 14.9 Å². The van der Waals surface area contributed by atoms with Crippen LogP contribution < -0.4 is 0 Å². The van der Waals surface area contributed by atoms with Gasteiger partial charge in [-0.05, 0) is 6.08 Å². The lowest BCUT2D eigenvalue weighted by Gasteiger charge is -1.85. The number of carboxylic acid groups (broad SMARTS) is 1. The quantitative estimate of drug-likeness (QED) is 0.345. The van der Waals surface area contributed by atoms with Crippen LogP contribution in [0.4, 0.5) is 5.88 Å². The van der Waals surface area contributed by atoms with Crippen molar-refractivity contribution in [3.63, 3.8) is 0 Å². The number of carboxylic acids is 1. The van der Waals surface area contributed by atoms with Crippen LogP contribution in [0.5, 0.6) is 0 Å². The van der Waals surface area contributed by atoms with Crippen molar-refractivity contribution in [1.29, 1.82) is 5.26 Å². The summed E-state index contributed by atoms with van der Waals surface area (Å²) in [4.78, 5) is 19.9. The number of nitriles is 1. The van der Waals surface area contributed by atoms with Gasteiger partial charge in [0.15, 0.2) is 0 Å². The maximum atomic E-state index is 10.4. The predicted molar refractivity (Wildman–Crippen MR) is 46.6 cm³/mol. The number of nitro groups is 1. The van der Waals surface area contributed by atoms with Crippen molar-refractivity contribution in [3.05, 3.63) is 33.6 Å². The van der Waals surface area contributed by atoms with E-state index in [0.29, 0.717) is 0 Å². The van der Waals surface area contributed by atoms with Gasteiger partial charge in [-0.1, -0.05) is 0 Å². The first-order valence-corrected chi connectivity index (χ1v) is 3.62.